The average Bonchev–Trinajstić information content (AvgIpc) is 2.35. The van der Waals surface area contributed by atoms with Gasteiger partial charge in [-0.2, -0.15) is 0 Å². The quantitative estimate of drug-likeness (QED) is 0.752. The Hall–Kier alpha value is -1.64. The van der Waals surface area contributed by atoms with Gasteiger partial charge in [0.2, 0.25) is 0 Å². The molecule has 0 spiro atoms. The minimum absolute atomic E-state index is 0.0702. The summed E-state index contributed by atoms with van der Waals surface area (Å²) in [6.45, 7) is 5.18. The number of esters is 1. The molecule has 0 heterocycles. The minimum Gasteiger partial charge on any atom is -0.469 e. The van der Waals surface area contributed by atoms with E-state index in [2.05, 4.69) is 0 Å². The van der Waals surface area contributed by atoms with Gasteiger partial charge in [-0.3, -0.25) is 4.79 Å². The Kier molecular flexibility index (Phi) is 4.65. The van der Waals surface area contributed by atoms with Gasteiger partial charge in [-0.05, 0) is 26.3 Å². The molecule has 0 aromatic heterocycles. The first-order valence-corrected chi connectivity index (χ1v) is 6.02. The molecule has 1 rings (SSSR count). The predicted octanol–water partition coefficient (Wildman–Crippen LogP) is 2.95. The van der Waals surface area contributed by atoms with Gasteiger partial charge >= 0.3 is 5.97 Å². The van der Waals surface area contributed by atoms with Gasteiger partial charge < -0.3 is 9.53 Å². The number of hydrogen-bond donors (Lipinski definition) is 0. The Labute approximate surface area is 108 Å². The topological polar surface area (TPSA) is 43.4 Å². The van der Waals surface area contributed by atoms with Crippen LogP contribution in [0.25, 0.3) is 0 Å². The smallest absolute Gasteiger partial charge is 0.311 e. The van der Waals surface area contributed by atoms with Crippen molar-refractivity contribution in [3.63, 3.8) is 0 Å². The molecule has 3 heteroatoms. The van der Waals surface area contributed by atoms with Gasteiger partial charge in [0, 0.05) is 12.3 Å². The van der Waals surface area contributed by atoms with Crippen molar-refractivity contribution in [1.29, 1.82) is 0 Å². The summed E-state index contributed by atoms with van der Waals surface area (Å²) >= 11 is 0. The van der Waals surface area contributed by atoms with Crippen molar-refractivity contribution in [2.45, 2.75) is 33.1 Å². The lowest BCUT2D eigenvalue weighted by molar-refractivity contribution is -0.152. The predicted molar refractivity (Wildman–Crippen MR) is 70.3 cm³/mol. The fourth-order valence-corrected chi connectivity index (χ4v) is 2.17. The first-order valence-electron chi connectivity index (χ1n) is 6.02. The van der Waals surface area contributed by atoms with Crippen molar-refractivity contribution in [3.8, 4) is 0 Å². The van der Waals surface area contributed by atoms with E-state index in [9.17, 15) is 9.59 Å². The second-order valence-electron chi connectivity index (χ2n) is 5.08. The van der Waals surface area contributed by atoms with Crippen molar-refractivity contribution in [2.75, 3.05) is 7.11 Å². The standard InChI is InChI=1S/C15H20O3/c1-11(16)10-13(12-8-6-5-7-9-12)15(2,3)14(17)18-4/h5-9,13H,10H2,1-4H3/t13-/m0/s1. The number of methoxy groups -OCH3 is 1. The summed E-state index contributed by atoms with van der Waals surface area (Å²) in [6, 6.07) is 9.63. The highest BCUT2D eigenvalue weighted by molar-refractivity contribution is 5.81. The first kappa shape index (κ1) is 14.4. The van der Waals surface area contributed by atoms with Crippen molar-refractivity contribution in [3.05, 3.63) is 35.9 Å². The Morgan fingerprint density at radius 2 is 1.78 bits per heavy atom. The molecule has 0 aliphatic carbocycles. The molecular formula is C15H20O3. The molecule has 1 aromatic rings. The third-order valence-corrected chi connectivity index (χ3v) is 3.28. The maximum absolute atomic E-state index is 11.9. The molecule has 0 aliphatic heterocycles. The summed E-state index contributed by atoms with van der Waals surface area (Å²) in [5.41, 5.74) is 0.269. The van der Waals surface area contributed by atoms with E-state index in [1.807, 2.05) is 44.2 Å². The van der Waals surface area contributed by atoms with E-state index < -0.39 is 5.41 Å². The van der Waals surface area contributed by atoms with E-state index in [0.29, 0.717) is 6.42 Å². The average molecular weight is 248 g/mol. The van der Waals surface area contributed by atoms with Crippen LogP contribution in [0.4, 0.5) is 0 Å². The van der Waals surface area contributed by atoms with Crippen LogP contribution in [-0.2, 0) is 14.3 Å². The minimum atomic E-state index is -0.720. The fourth-order valence-electron chi connectivity index (χ4n) is 2.17. The van der Waals surface area contributed by atoms with E-state index in [-0.39, 0.29) is 17.7 Å². The molecule has 18 heavy (non-hydrogen) atoms. The highest BCUT2D eigenvalue weighted by Gasteiger charge is 2.39. The monoisotopic (exact) mass is 248 g/mol. The SMILES string of the molecule is COC(=O)C(C)(C)[C@@H](CC(C)=O)c1ccccc1. The van der Waals surface area contributed by atoms with E-state index in [1.54, 1.807) is 6.92 Å². The van der Waals surface area contributed by atoms with Crippen LogP contribution in [0, 0.1) is 5.41 Å². The fraction of sp³-hybridized carbons (Fsp3) is 0.467. The number of carbonyl (C=O) groups excluding carboxylic acids is 2. The van der Waals surface area contributed by atoms with Crippen LogP contribution in [-0.4, -0.2) is 18.9 Å². The van der Waals surface area contributed by atoms with Gasteiger partial charge in [0.05, 0.1) is 12.5 Å². The van der Waals surface area contributed by atoms with E-state index in [1.165, 1.54) is 7.11 Å². The lowest BCUT2D eigenvalue weighted by Gasteiger charge is -2.31. The lowest BCUT2D eigenvalue weighted by Crippen LogP contribution is -2.33. The molecule has 3 nitrogen and oxygen atoms in total. The van der Waals surface area contributed by atoms with Gasteiger partial charge in [-0.25, -0.2) is 0 Å². The zero-order chi connectivity index (χ0) is 13.8. The third kappa shape index (κ3) is 3.19. The summed E-state index contributed by atoms with van der Waals surface area (Å²) in [5, 5.41) is 0. The Bertz CT molecular complexity index is 421. The van der Waals surface area contributed by atoms with Crippen LogP contribution in [0.5, 0.6) is 0 Å². The summed E-state index contributed by atoms with van der Waals surface area (Å²) in [7, 11) is 1.37. The van der Waals surface area contributed by atoms with Gasteiger partial charge in [-0.15, -0.1) is 0 Å². The number of Topliss-reactive ketones (excluding diaryl/α,β-unsaturated/α-hetero) is 1. The van der Waals surface area contributed by atoms with Crippen molar-refractivity contribution < 1.29 is 14.3 Å². The highest BCUT2D eigenvalue weighted by atomic mass is 16.5. The van der Waals surface area contributed by atoms with Crippen LogP contribution >= 0.6 is 0 Å². The second kappa shape index (κ2) is 5.80. The Morgan fingerprint density at radius 1 is 1.22 bits per heavy atom. The summed E-state index contributed by atoms with van der Waals surface area (Å²) in [6.07, 6.45) is 0.339. The number of ketones is 1. The van der Waals surface area contributed by atoms with Gasteiger partial charge in [0.15, 0.2) is 0 Å². The zero-order valence-electron chi connectivity index (χ0n) is 11.4. The van der Waals surface area contributed by atoms with Crippen LogP contribution in [0.3, 0.4) is 0 Å². The Balaban J connectivity index is 3.13. The summed E-state index contributed by atoms with van der Waals surface area (Å²) in [5.74, 6) is -0.387. The van der Waals surface area contributed by atoms with E-state index in [4.69, 9.17) is 4.74 Å². The van der Waals surface area contributed by atoms with Gasteiger partial charge in [-0.1, -0.05) is 30.3 Å². The second-order valence-corrected chi connectivity index (χ2v) is 5.08. The Morgan fingerprint density at radius 3 is 2.22 bits per heavy atom. The maximum Gasteiger partial charge on any atom is 0.311 e. The number of hydrogen-bond acceptors (Lipinski definition) is 3. The molecule has 0 saturated heterocycles. The van der Waals surface area contributed by atoms with E-state index in [0.717, 1.165) is 5.56 Å². The molecule has 98 valence electrons. The van der Waals surface area contributed by atoms with Crippen molar-refractivity contribution in [1.82, 2.24) is 0 Å². The number of carbonyl (C=O) groups is 2. The van der Waals surface area contributed by atoms with Crippen LogP contribution in [0.2, 0.25) is 0 Å². The molecule has 0 N–H and O–H groups in total. The number of benzene rings is 1. The largest absolute Gasteiger partial charge is 0.469 e. The molecule has 0 aliphatic rings. The van der Waals surface area contributed by atoms with Gasteiger partial charge in [0.1, 0.15) is 5.78 Å². The zero-order valence-corrected chi connectivity index (χ0v) is 11.4. The molecule has 1 aromatic carbocycles. The lowest BCUT2D eigenvalue weighted by atomic mass is 9.72. The van der Waals surface area contributed by atoms with Crippen molar-refractivity contribution in [2.24, 2.45) is 5.41 Å². The van der Waals surface area contributed by atoms with Crippen LogP contribution < -0.4 is 0 Å². The van der Waals surface area contributed by atoms with E-state index >= 15 is 0 Å². The third-order valence-electron chi connectivity index (χ3n) is 3.28. The molecule has 1 atom stereocenters. The molecule has 0 unspecified atom stereocenters. The molecule has 0 amide bonds. The maximum atomic E-state index is 11.9. The molecule has 0 radical (unpaired) electrons. The molecular weight excluding hydrogens is 228 g/mol. The summed E-state index contributed by atoms with van der Waals surface area (Å²) < 4.78 is 4.85. The van der Waals surface area contributed by atoms with Crippen LogP contribution in [0.15, 0.2) is 30.3 Å². The van der Waals surface area contributed by atoms with Crippen LogP contribution in [0.1, 0.15) is 38.7 Å². The molecule has 0 fully saturated rings. The first-order chi connectivity index (χ1) is 8.39. The number of ether oxygens (including phenoxy) is 1. The molecule has 0 bridgehead atoms. The van der Waals surface area contributed by atoms with Crippen molar-refractivity contribution >= 4 is 11.8 Å². The van der Waals surface area contributed by atoms with Gasteiger partial charge in [0.25, 0.3) is 0 Å². The summed E-state index contributed by atoms with van der Waals surface area (Å²) in [4.78, 5) is 23.3. The number of rotatable bonds is 5. The normalized spacial score (nSPS) is 12.9. The highest BCUT2D eigenvalue weighted by Crippen LogP contribution is 2.39. The molecule has 0 saturated carbocycles.